The van der Waals surface area contributed by atoms with Crippen molar-refractivity contribution in [1.29, 1.82) is 0 Å². The van der Waals surface area contributed by atoms with E-state index in [1.165, 1.54) is 12.1 Å². The number of nitrogens with zero attached hydrogens (tertiary/aromatic N) is 2. The molecule has 0 bridgehead atoms. The Kier molecular flexibility index (Phi) is 5.40. The zero-order valence-electron chi connectivity index (χ0n) is 12.5. The molecule has 2 N–H and O–H groups in total. The largest absolute Gasteiger partial charge is 0.376 e. The Bertz CT molecular complexity index is 729. The summed E-state index contributed by atoms with van der Waals surface area (Å²) in [6, 6.07) is 15.4. The average Bonchev–Trinajstić information content (AvgIpc) is 2.58. The van der Waals surface area contributed by atoms with Gasteiger partial charge in [-0.05, 0) is 19.1 Å². The molecule has 0 saturated carbocycles. The number of carbonyl (C=O) groups excluding carboxylic acids is 1. The molecule has 0 spiro atoms. The average molecular weight is 312 g/mol. The SMILES string of the molecule is C/C(=N/NC(=O)CNc1ccccc1)c1cccc([N+](=O)[O-])c1. The van der Waals surface area contributed by atoms with E-state index in [1.807, 2.05) is 30.3 Å². The summed E-state index contributed by atoms with van der Waals surface area (Å²) in [6.45, 7) is 1.75. The maximum absolute atomic E-state index is 11.7. The fourth-order valence-corrected chi connectivity index (χ4v) is 1.83. The van der Waals surface area contributed by atoms with E-state index >= 15 is 0 Å². The van der Waals surface area contributed by atoms with Crippen molar-refractivity contribution in [2.45, 2.75) is 6.92 Å². The first kappa shape index (κ1) is 16.2. The van der Waals surface area contributed by atoms with E-state index in [2.05, 4.69) is 15.8 Å². The fraction of sp³-hybridized carbons (Fsp3) is 0.125. The molecule has 0 radical (unpaired) electrons. The number of rotatable bonds is 6. The third-order valence-electron chi connectivity index (χ3n) is 3.05. The Hall–Kier alpha value is -3.22. The molecular weight excluding hydrogens is 296 g/mol. The van der Waals surface area contributed by atoms with Crippen LogP contribution < -0.4 is 10.7 Å². The first-order valence-corrected chi connectivity index (χ1v) is 6.93. The van der Waals surface area contributed by atoms with Gasteiger partial charge in [0.2, 0.25) is 0 Å². The number of para-hydroxylation sites is 1. The monoisotopic (exact) mass is 312 g/mol. The van der Waals surface area contributed by atoms with Crippen molar-refractivity contribution in [3.63, 3.8) is 0 Å². The van der Waals surface area contributed by atoms with E-state index in [-0.39, 0.29) is 18.1 Å². The van der Waals surface area contributed by atoms with Crippen LogP contribution in [0.25, 0.3) is 0 Å². The van der Waals surface area contributed by atoms with Crippen LogP contribution >= 0.6 is 0 Å². The zero-order valence-corrected chi connectivity index (χ0v) is 12.5. The van der Waals surface area contributed by atoms with Crippen molar-refractivity contribution in [3.05, 3.63) is 70.3 Å². The Morgan fingerprint density at radius 1 is 1.17 bits per heavy atom. The van der Waals surface area contributed by atoms with Gasteiger partial charge in [-0.3, -0.25) is 14.9 Å². The molecule has 2 rings (SSSR count). The van der Waals surface area contributed by atoms with Gasteiger partial charge in [0, 0.05) is 23.4 Å². The molecule has 2 aromatic carbocycles. The number of nitro benzene ring substituents is 1. The molecule has 0 aliphatic carbocycles. The highest BCUT2D eigenvalue weighted by Crippen LogP contribution is 2.13. The molecule has 0 unspecified atom stereocenters. The molecular formula is C16H16N4O3. The van der Waals surface area contributed by atoms with Crippen LogP contribution in [0, 0.1) is 10.1 Å². The lowest BCUT2D eigenvalue weighted by atomic mass is 10.1. The summed E-state index contributed by atoms with van der Waals surface area (Å²) in [5, 5.41) is 17.7. The third kappa shape index (κ3) is 4.92. The lowest BCUT2D eigenvalue weighted by molar-refractivity contribution is -0.384. The highest BCUT2D eigenvalue weighted by atomic mass is 16.6. The van der Waals surface area contributed by atoms with E-state index in [0.717, 1.165) is 5.69 Å². The highest BCUT2D eigenvalue weighted by Gasteiger charge is 2.07. The minimum atomic E-state index is -0.473. The first-order valence-electron chi connectivity index (χ1n) is 6.93. The van der Waals surface area contributed by atoms with Crippen molar-refractivity contribution < 1.29 is 9.72 Å². The van der Waals surface area contributed by atoms with Crippen LogP contribution in [-0.2, 0) is 4.79 Å². The predicted octanol–water partition coefficient (Wildman–Crippen LogP) is 2.55. The van der Waals surface area contributed by atoms with Gasteiger partial charge < -0.3 is 5.32 Å². The van der Waals surface area contributed by atoms with Crippen molar-refractivity contribution in [1.82, 2.24) is 5.43 Å². The zero-order chi connectivity index (χ0) is 16.7. The highest BCUT2D eigenvalue weighted by molar-refractivity contribution is 5.99. The molecule has 0 aliphatic heterocycles. The smallest absolute Gasteiger partial charge is 0.270 e. The Morgan fingerprint density at radius 3 is 2.61 bits per heavy atom. The fourth-order valence-electron chi connectivity index (χ4n) is 1.83. The lowest BCUT2D eigenvalue weighted by Crippen LogP contribution is -2.26. The van der Waals surface area contributed by atoms with Gasteiger partial charge in [0.25, 0.3) is 11.6 Å². The van der Waals surface area contributed by atoms with Crippen LogP contribution in [0.2, 0.25) is 0 Å². The standard InChI is InChI=1S/C16H16N4O3/c1-12(13-6-5-9-15(10-13)20(22)23)18-19-16(21)11-17-14-7-3-2-4-8-14/h2-10,17H,11H2,1H3,(H,19,21)/b18-12-. The number of nitrogens with one attached hydrogen (secondary N) is 2. The van der Waals surface area contributed by atoms with Gasteiger partial charge in [0.15, 0.2) is 0 Å². The summed E-state index contributed by atoms with van der Waals surface area (Å²) in [5.74, 6) is -0.307. The number of nitro groups is 1. The number of non-ortho nitro benzene ring substituents is 1. The summed E-state index contributed by atoms with van der Waals surface area (Å²) in [7, 11) is 0. The van der Waals surface area contributed by atoms with Crippen LogP contribution in [-0.4, -0.2) is 23.1 Å². The Labute approximate surface area is 133 Å². The van der Waals surface area contributed by atoms with Crippen LogP contribution in [0.1, 0.15) is 12.5 Å². The Morgan fingerprint density at radius 2 is 1.91 bits per heavy atom. The minimum absolute atomic E-state index is 0.0193. The molecule has 23 heavy (non-hydrogen) atoms. The van der Waals surface area contributed by atoms with Gasteiger partial charge in [-0.2, -0.15) is 5.10 Å². The van der Waals surface area contributed by atoms with Crippen LogP contribution in [0.5, 0.6) is 0 Å². The second-order valence-corrected chi connectivity index (χ2v) is 4.76. The second-order valence-electron chi connectivity index (χ2n) is 4.76. The summed E-state index contributed by atoms with van der Waals surface area (Å²) in [4.78, 5) is 22.0. The number of hydrogen-bond acceptors (Lipinski definition) is 5. The number of hydrogen-bond donors (Lipinski definition) is 2. The predicted molar refractivity (Wildman–Crippen MR) is 88.4 cm³/mol. The van der Waals surface area contributed by atoms with Gasteiger partial charge in [0.1, 0.15) is 0 Å². The summed E-state index contributed by atoms with van der Waals surface area (Å²) >= 11 is 0. The summed E-state index contributed by atoms with van der Waals surface area (Å²) in [6.07, 6.45) is 0. The van der Waals surface area contributed by atoms with Crippen molar-refractivity contribution >= 4 is 23.0 Å². The molecule has 0 fully saturated rings. The topological polar surface area (TPSA) is 96.6 Å². The maximum atomic E-state index is 11.7. The van der Waals surface area contributed by atoms with Crippen LogP contribution in [0.3, 0.4) is 0 Å². The van der Waals surface area contributed by atoms with E-state index in [1.54, 1.807) is 19.1 Å². The van der Waals surface area contributed by atoms with Gasteiger partial charge in [-0.25, -0.2) is 5.43 Å². The minimum Gasteiger partial charge on any atom is -0.376 e. The van der Waals surface area contributed by atoms with E-state index in [0.29, 0.717) is 11.3 Å². The second kappa shape index (κ2) is 7.69. The normalized spacial score (nSPS) is 10.9. The van der Waals surface area contributed by atoms with E-state index < -0.39 is 4.92 Å². The number of benzene rings is 2. The van der Waals surface area contributed by atoms with Gasteiger partial charge in [-0.15, -0.1) is 0 Å². The first-order chi connectivity index (χ1) is 11.1. The number of amides is 1. The Balaban J connectivity index is 1.92. The van der Waals surface area contributed by atoms with Crippen molar-refractivity contribution in [3.8, 4) is 0 Å². The maximum Gasteiger partial charge on any atom is 0.270 e. The van der Waals surface area contributed by atoms with Crippen molar-refractivity contribution in [2.75, 3.05) is 11.9 Å². The number of anilines is 1. The molecule has 7 nitrogen and oxygen atoms in total. The molecule has 0 saturated heterocycles. The summed E-state index contributed by atoms with van der Waals surface area (Å²) in [5.41, 5.74) is 4.30. The lowest BCUT2D eigenvalue weighted by Gasteiger charge is -2.06. The molecule has 2 aromatic rings. The molecule has 118 valence electrons. The van der Waals surface area contributed by atoms with Gasteiger partial charge in [0.05, 0.1) is 17.2 Å². The van der Waals surface area contributed by atoms with Gasteiger partial charge in [-0.1, -0.05) is 30.3 Å². The number of hydrazone groups is 1. The summed E-state index contributed by atoms with van der Waals surface area (Å²) < 4.78 is 0. The molecule has 0 heterocycles. The quantitative estimate of drug-likeness (QED) is 0.486. The number of carbonyl (C=O) groups is 1. The molecule has 0 aliphatic rings. The molecule has 1 amide bonds. The van der Waals surface area contributed by atoms with E-state index in [4.69, 9.17) is 0 Å². The van der Waals surface area contributed by atoms with Crippen molar-refractivity contribution in [2.24, 2.45) is 5.10 Å². The van der Waals surface area contributed by atoms with Crippen LogP contribution in [0.4, 0.5) is 11.4 Å². The van der Waals surface area contributed by atoms with Gasteiger partial charge >= 0.3 is 0 Å². The molecule has 7 heteroatoms. The van der Waals surface area contributed by atoms with E-state index in [9.17, 15) is 14.9 Å². The molecule has 0 atom stereocenters. The third-order valence-corrected chi connectivity index (χ3v) is 3.05. The van der Waals surface area contributed by atoms with Crippen LogP contribution in [0.15, 0.2) is 59.7 Å². The molecule has 0 aromatic heterocycles.